The zero-order valence-electron chi connectivity index (χ0n) is 29.8. The Kier molecular flexibility index (Phi) is 7.19. The molecular formula is C51H37NO. The van der Waals surface area contributed by atoms with Gasteiger partial charge < -0.3 is 9.32 Å². The van der Waals surface area contributed by atoms with E-state index in [0.717, 1.165) is 44.6 Å². The number of fused-ring (bicyclic) bond motifs is 6. The fourth-order valence-corrected chi connectivity index (χ4v) is 8.55. The van der Waals surface area contributed by atoms with Crippen LogP contribution < -0.4 is 4.90 Å². The van der Waals surface area contributed by atoms with Gasteiger partial charge in [0, 0.05) is 22.1 Å². The molecule has 0 saturated heterocycles. The molecule has 1 aromatic heterocycles. The largest absolute Gasteiger partial charge is 0.456 e. The number of benzene rings is 8. The molecule has 9 aromatic rings. The fourth-order valence-electron chi connectivity index (χ4n) is 8.55. The Balaban J connectivity index is 1.28. The van der Waals surface area contributed by atoms with Gasteiger partial charge in [0.25, 0.3) is 0 Å². The maximum absolute atomic E-state index is 6.50. The van der Waals surface area contributed by atoms with Gasteiger partial charge in [0.05, 0.1) is 16.8 Å². The Morgan fingerprint density at radius 2 is 1.00 bits per heavy atom. The molecule has 0 amide bonds. The van der Waals surface area contributed by atoms with Crippen molar-refractivity contribution in [3.05, 3.63) is 199 Å². The van der Waals surface area contributed by atoms with E-state index in [1.54, 1.807) is 0 Å². The molecule has 252 valence electrons. The summed E-state index contributed by atoms with van der Waals surface area (Å²) in [7, 11) is 0. The molecule has 2 heteroatoms. The van der Waals surface area contributed by atoms with E-state index in [1.165, 1.54) is 50.1 Å². The monoisotopic (exact) mass is 679 g/mol. The first-order valence-electron chi connectivity index (χ1n) is 18.4. The van der Waals surface area contributed by atoms with Crippen LogP contribution in [0, 0.1) is 0 Å². The van der Waals surface area contributed by atoms with E-state index in [2.05, 4.69) is 201 Å². The van der Waals surface area contributed by atoms with Crippen molar-refractivity contribution in [2.45, 2.75) is 19.3 Å². The number of furan rings is 1. The van der Waals surface area contributed by atoms with Gasteiger partial charge in [-0.25, -0.2) is 0 Å². The van der Waals surface area contributed by atoms with Crippen LogP contribution in [0.2, 0.25) is 0 Å². The second-order valence-electron chi connectivity index (χ2n) is 14.5. The van der Waals surface area contributed by atoms with Gasteiger partial charge in [0.2, 0.25) is 0 Å². The third-order valence-electron chi connectivity index (χ3n) is 11.1. The lowest BCUT2D eigenvalue weighted by molar-refractivity contribution is 0.660. The highest BCUT2D eigenvalue weighted by Gasteiger charge is 2.36. The second kappa shape index (κ2) is 12.3. The summed E-state index contributed by atoms with van der Waals surface area (Å²) in [5.41, 5.74) is 17.3. The quantitative estimate of drug-likeness (QED) is 0.174. The van der Waals surface area contributed by atoms with Gasteiger partial charge in [-0.3, -0.25) is 0 Å². The Hall–Kier alpha value is -6.64. The summed E-state index contributed by atoms with van der Waals surface area (Å²) in [5.74, 6) is 0. The summed E-state index contributed by atoms with van der Waals surface area (Å²) in [6, 6.07) is 67.9. The molecule has 0 spiro atoms. The molecule has 1 aliphatic rings. The van der Waals surface area contributed by atoms with Gasteiger partial charge in [-0.05, 0) is 86.5 Å². The van der Waals surface area contributed by atoms with Gasteiger partial charge in [-0.1, -0.05) is 166 Å². The zero-order chi connectivity index (χ0) is 35.5. The Morgan fingerprint density at radius 3 is 1.81 bits per heavy atom. The molecule has 0 bridgehead atoms. The van der Waals surface area contributed by atoms with Crippen LogP contribution in [0.4, 0.5) is 17.1 Å². The minimum Gasteiger partial charge on any atom is -0.456 e. The molecule has 0 aliphatic heterocycles. The van der Waals surface area contributed by atoms with Crippen molar-refractivity contribution < 1.29 is 4.42 Å². The first kappa shape index (κ1) is 31.1. The maximum Gasteiger partial charge on any atom is 0.137 e. The van der Waals surface area contributed by atoms with E-state index < -0.39 is 0 Å². The summed E-state index contributed by atoms with van der Waals surface area (Å²) in [6.45, 7) is 4.68. The van der Waals surface area contributed by atoms with Crippen LogP contribution in [0.3, 0.4) is 0 Å². The number of nitrogens with zero attached hydrogens (tertiary/aromatic N) is 1. The molecule has 53 heavy (non-hydrogen) atoms. The molecule has 1 heterocycles. The molecule has 0 unspecified atom stereocenters. The molecule has 0 radical (unpaired) electrons. The third-order valence-corrected chi connectivity index (χ3v) is 11.1. The van der Waals surface area contributed by atoms with Crippen LogP contribution in [0.15, 0.2) is 192 Å². The standard InChI is InChI=1S/C51H37NO/c1-51(2)43-22-11-9-19-40(43)42-33-38(31-32-44(42)51)52(46-24-14-26-48-50(46)41-20-10-12-25-47(41)53-48)45-23-13-21-39(36-17-7-4-8-18-36)49(45)37-29-27-35(28-30-37)34-15-5-3-6-16-34/h3-33H,1-2H3. The molecule has 8 aromatic carbocycles. The number of rotatable bonds is 6. The maximum atomic E-state index is 6.50. The average Bonchev–Trinajstić information content (AvgIpc) is 3.71. The first-order chi connectivity index (χ1) is 26.1. The van der Waals surface area contributed by atoms with E-state index in [-0.39, 0.29) is 5.41 Å². The SMILES string of the molecule is CC1(C)c2ccccc2-c2cc(N(c3cccc(-c4ccccc4)c3-c3ccc(-c4ccccc4)cc3)c3cccc4oc5ccccc5c34)ccc21. The van der Waals surface area contributed by atoms with Gasteiger partial charge in [0.15, 0.2) is 0 Å². The van der Waals surface area contributed by atoms with Crippen molar-refractivity contribution in [2.75, 3.05) is 4.90 Å². The summed E-state index contributed by atoms with van der Waals surface area (Å²) < 4.78 is 6.50. The summed E-state index contributed by atoms with van der Waals surface area (Å²) in [6.07, 6.45) is 0. The highest BCUT2D eigenvalue weighted by Crippen LogP contribution is 2.53. The van der Waals surface area contributed by atoms with Crippen LogP contribution >= 0.6 is 0 Å². The molecule has 0 saturated carbocycles. The predicted octanol–water partition coefficient (Wildman–Crippen LogP) is 14.4. The molecule has 0 atom stereocenters. The van der Waals surface area contributed by atoms with Crippen molar-refractivity contribution in [1.82, 2.24) is 0 Å². The van der Waals surface area contributed by atoms with Gasteiger partial charge >= 0.3 is 0 Å². The minimum atomic E-state index is -0.0883. The van der Waals surface area contributed by atoms with Crippen LogP contribution in [0.5, 0.6) is 0 Å². The topological polar surface area (TPSA) is 16.4 Å². The van der Waals surface area contributed by atoms with E-state index >= 15 is 0 Å². The lowest BCUT2D eigenvalue weighted by atomic mass is 9.82. The number of hydrogen-bond donors (Lipinski definition) is 0. The zero-order valence-corrected chi connectivity index (χ0v) is 29.8. The number of hydrogen-bond acceptors (Lipinski definition) is 2. The van der Waals surface area contributed by atoms with Crippen molar-refractivity contribution in [1.29, 1.82) is 0 Å². The molecule has 1 aliphatic carbocycles. The van der Waals surface area contributed by atoms with Crippen molar-refractivity contribution in [3.63, 3.8) is 0 Å². The van der Waals surface area contributed by atoms with Crippen LogP contribution in [0.25, 0.3) is 66.4 Å². The average molecular weight is 680 g/mol. The Morgan fingerprint density at radius 1 is 0.415 bits per heavy atom. The molecular weight excluding hydrogens is 643 g/mol. The second-order valence-corrected chi connectivity index (χ2v) is 14.5. The minimum absolute atomic E-state index is 0.0883. The smallest absolute Gasteiger partial charge is 0.137 e. The number of para-hydroxylation sites is 1. The van der Waals surface area contributed by atoms with Crippen molar-refractivity contribution >= 4 is 39.0 Å². The van der Waals surface area contributed by atoms with E-state index in [4.69, 9.17) is 4.42 Å². The molecule has 0 N–H and O–H groups in total. The lowest BCUT2D eigenvalue weighted by Crippen LogP contribution is -2.15. The third kappa shape index (κ3) is 5.02. The van der Waals surface area contributed by atoms with Gasteiger partial charge in [0.1, 0.15) is 11.2 Å². The van der Waals surface area contributed by atoms with E-state index in [1.807, 2.05) is 6.07 Å². The lowest BCUT2D eigenvalue weighted by Gasteiger charge is -2.30. The van der Waals surface area contributed by atoms with Crippen molar-refractivity contribution in [2.24, 2.45) is 0 Å². The Labute approximate surface area is 310 Å². The molecule has 2 nitrogen and oxygen atoms in total. The number of anilines is 3. The van der Waals surface area contributed by atoms with Gasteiger partial charge in [-0.2, -0.15) is 0 Å². The van der Waals surface area contributed by atoms with Crippen LogP contribution in [-0.2, 0) is 5.41 Å². The predicted molar refractivity (Wildman–Crippen MR) is 222 cm³/mol. The van der Waals surface area contributed by atoms with Crippen LogP contribution in [-0.4, -0.2) is 0 Å². The van der Waals surface area contributed by atoms with Crippen molar-refractivity contribution in [3.8, 4) is 44.5 Å². The summed E-state index contributed by atoms with van der Waals surface area (Å²) in [5, 5.41) is 2.20. The highest BCUT2D eigenvalue weighted by atomic mass is 16.3. The molecule has 0 fully saturated rings. The summed E-state index contributed by atoms with van der Waals surface area (Å²) in [4.78, 5) is 2.46. The van der Waals surface area contributed by atoms with Crippen LogP contribution in [0.1, 0.15) is 25.0 Å². The fraction of sp³-hybridized carbons (Fsp3) is 0.0588. The van der Waals surface area contributed by atoms with E-state index in [0.29, 0.717) is 0 Å². The highest BCUT2D eigenvalue weighted by molar-refractivity contribution is 6.14. The molecule has 10 rings (SSSR count). The summed E-state index contributed by atoms with van der Waals surface area (Å²) >= 11 is 0. The Bertz CT molecular complexity index is 2790. The van der Waals surface area contributed by atoms with Gasteiger partial charge in [-0.15, -0.1) is 0 Å². The first-order valence-corrected chi connectivity index (χ1v) is 18.4. The normalized spacial score (nSPS) is 12.9. The van der Waals surface area contributed by atoms with E-state index in [9.17, 15) is 0 Å².